The normalized spacial score (nSPS) is 22.2. The van der Waals surface area contributed by atoms with Crippen molar-refractivity contribution < 1.29 is 14.2 Å². The highest BCUT2D eigenvalue weighted by Crippen LogP contribution is 2.25. The van der Waals surface area contributed by atoms with Crippen molar-refractivity contribution in [2.24, 2.45) is 0 Å². The second kappa shape index (κ2) is 9.78. The minimum absolute atomic E-state index is 0.0512. The Hall–Kier alpha value is -1.16. The molecule has 0 spiro atoms. The number of hydrogen-bond donors (Lipinski definition) is 0. The number of unbranched alkanes of at least 4 members (excludes halogenated alkanes) is 2. The molecule has 1 aromatic rings. The molecular formula is C19H28O3. The van der Waals surface area contributed by atoms with Gasteiger partial charge in [-0.15, -0.1) is 0 Å². The second-order valence-corrected chi connectivity index (χ2v) is 5.67. The van der Waals surface area contributed by atoms with E-state index in [0.29, 0.717) is 19.8 Å². The van der Waals surface area contributed by atoms with Gasteiger partial charge in [0.25, 0.3) is 0 Å². The van der Waals surface area contributed by atoms with E-state index < -0.39 is 0 Å². The average molecular weight is 304 g/mol. The lowest BCUT2D eigenvalue weighted by molar-refractivity contribution is -0.0470. The van der Waals surface area contributed by atoms with Crippen molar-refractivity contribution in [2.45, 2.75) is 51.9 Å². The molecule has 3 heteroatoms. The number of rotatable bonds is 9. The number of benzene rings is 1. The average Bonchev–Trinajstić information content (AvgIpc) is 3.02. The second-order valence-electron chi connectivity index (χ2n) is 5.67. The number of hydrogen-bond acceptors (Lipinski definition) is 3. The Bertz CT molecular complexity index is 441. The van der Waals surface area contributed by atoms with Crippen molar-refractivity contribution in [2.75, 3.05) is 19.8 Å². The van der Waals surface area contributed by atoms with Crippen LogP contribution in [0.15, 0.2) is 35.9 Å². The third-order valence-electron chi connectivity index (χ3n) is 3.78. The molecule has 0 aromatic heterocycles. The molecule has 1 aromatic carbocycles. The first-order chi connectivity index (χ1) is 10.8. The predicted octanol–water partition coefficient (Wildman–Crippen LogP) is 4.43. The smallest absolute Gasteiger partial charge is 0.180 e. The summed E-state index contributed by atoms with van der Waals surface area (Å²) >= 11 is 0. The molecule has 1 fully saturated rings. The summed E-state index contributed by atoms with van der Waals surface area (Å²) in [6, 6.07) is 10.4. The highest BCUT2D eigenvalue weighted by molar-refractivity contribution is 5.53. The van der Waals surface area contributed by atoms with Gasteiger partial charge in [0.05, 0.1) is 13.2 Å². The van der Waals surface area contributed by atoms with Gasteiger partial charge in [0.2, 0.25) is 0 Å². The first-order valence-electron chi connectivity index (χ1n) is 8.43. The van der Waals surface area contributed by atoms with Gasteiger partial charge in [-0.2, -0.15) is 0 Å². The Balaban J connectivity index is 2.00. The van der Waals surface area contributed by atoms with Crippen molar-refractivity contribution in [3.63, 3.8) is 0 Å². The summed E-state index contributed by atoms with van der Waals surface area (Å²) < 4.78 is 17.3. The molecule has 0 amide bonds. The van der Waals surface area contributed by atoms with Crippen molar-refractivity contribution >= 4 is 6.08 Å². The summed E-state index contributed by atoms with van der Waals surface area (Å²) in [4.78, 5) is 0. The highest BCUT2D eigenvalue weighted by Gasteiger charge is 2.28. The van der Waals surface area contributed by atoms with E-state index in [0.717, 1.165) is 6.42 Å². The van der Waals surface area contributed by atoms with Crippen molar-refractivity contribution in [1.82, 2.24) is 0 Å². The van der Waals surface area contributed by atoms with Crippen LogP contribution in [0.4, 0.5) is 0 Å². The predicted molar refractivity (Wildman–Crippen MR) is 89.7 cm³/mol. The Labute approximate surface area is 134 Å². The fraction of sp³-hybridized carbons (Fsp3) is 0.579. The Morgan fingerprint density at radius 1 is 1.23 bits per heavy atom. The zero-order valence-electron chi connectivity index (χ0n) is 13.8. The van der Waals surface area contributed by atoms with Crippen molar-refractivity contribution in [3.8, 4) is 0 Å². The molecule has 0 radical (unpaired) electrons. The fourth-order valence-corrected chi connectivity index (χ4v) is 2.58. The molecule has 2 atom stereocenters. The number of ether oxygens (including phenoxy) is 3. The largest absolute Gasteiger partial charge is 0.379 e. The first kappa shape index (κ1) is 17.2. The third kappa shape index (κ3) is 5.56. The van der Waals surface area contributed by atoms with E-state index in [1.165, 1.54) is 30.4 Å². The van der Waals surface area contributed by atoms with Gasteiger partial charge >= 0.3 is 0 Å². The minimum Gasteiger partial charge on any atom is -0.379 e. The molecule has 0 saturated carbocycles. The molecule has 22 heavy (non-hydrogen) atoms. The highest BCUT2D eigenvalue weighted by atomic mass is 16.7. The molecule has 2 unspecified atom stereocenters. The lowest BCUT2D eigenvalue weighted by atomic mass is 10.0. The molecule has 1 saturated heterocycles. The monoisotopic (exact) mass is 304 g/mol. The van der Waals surface area contributed by atoms with Gasteiger partial charge in [0.15, 0.2) is 6.29 Å². The van der Waals surface area contributed by atoms with E-state index in [1.807, 2.05) is 13.0 Å². The van der Waals surface area contributed by atoms with Crippen LogP contribution in [0.25, 0.3) is 6.08 Å². The van der Waals surface area contributed by atoms with Crippen LogP contribution >= 0.6 is 0 Å². The van der Waals surface area contributed by atoms with Gasteiger partial charge in [0, 0.05) is 6.61 Å². The van der Waals surface area contributed by atoms with Crippen LogP contribution < -0.4 is 0 Å². The standard InChI is InChI=1S/C19H28O3/c1-3-5-7-12-17(13-16-10-8-6-9-11-16)19-21-15-18(22-19)14-20-4-2/h6,8-11,13,18-19H,3-5,7,12,14-15H2,1-2H3/b17-13-. The van der Waals surface area contributed by atoms with Crippen LogP contribution in [0, 0.1) is 0 Å². The van der Waals surface area contributed by atoms with E-state index in [9.17, 15) is 0 Å². The van der Waals surface area contributed by atoms with Crippen LogP contribution in [-0.4, -0.2) is 32.2 Å². The summed E-state index contributed by atoms with van der Waals surface area (Å²) in [6.45, 7) is 6.17. The quantitative estimate of drug-likeness (QED) is 0.632. The zero-order valence-corrected chi connectivity index (χ0v) is 13.8. The molecular weight excluding hydrogens is 276 g/mol. The maximum atomic E-state index is 6.01. The Morgan fingerprint density at radius 2 is 2.05 bits per heavy atom. The lowest BCUT2D eigenvalue weighted by Crippen LogP contribution is -2.19. The molecule has 1 aliphatic rings. The molecule has 1 heterocycles. The fourth-order valence-electron chi connectivity index (χ4n) is 2.58. The SMILES string of the molecule is CCCCC/C(=C/c1ccccc1)C1OCC(COCC)O1. The molecule has 0 aliphatic carbocycles. The summed E-state index contributed by atoms with van der Waals surface area (Å²) in [7, 11) is 0. The maximum absolute atomic E-state index is 6.01. The van der Waals surface area contributed by atoms with Gasteiger partial charge in [-0.25, -0.2) is 0 Å². The summed E-state index contributed by atoms with van der Waals surface area (Å²) in [5, 5.41) is 0. The molecule has 0 bridgehead atoms. The van der Waals surface area contributed by atoms with E-state index >= 15 is 0 Å². The van der Waals surface area contributed by atoms with Crippen LogP contribution in [0.5, 0.6) is 0 Å². The van der Waals surface area contributed by atoms with Crippen LogP contribution in [0.1, 0.15) is 45.1 Å². The Kier molecular flexibility index (Phi) is 7.64. The molecule has 3 nitrogen and oxygen atoms in total. The molecule has 0 N–H and O–H groups in total. The van der Waals surface area contributed by atoms with Crippen LogP contribution in [0.3, 0.4) is 0 Å². The molecule has 1 aliphatic heterocycles. The van der Waals surface area contributed by atoms with Gasteiger partial charge in [-0.3, -0.25) is 0 Å². The van der Waals surface area contributed by atoms with E-state index in [4.69, 9.17) is 14.2 Å². The van der Waals surface area contributed by atoms with Gasteiger partial charge in [0.1, 0.15) is 6.10 Å². The minimum atomic E-state index is -0.220. The van der Waals surface area contributed by atoms with E-state index in [2.05, 4.69) is 37.3 Å². The van der Waals surface area contributed by atoms with Gasteiger partial charge in [-0.1, -0.05) is 56.2 Å². The summed E-state index contributed by atoms with van der Waals surface area (Å²) in [5.41, 5.74) is 2.44. The van der Waals surface area contributed by atoms with E-state index in [1.54, 1.807) is 0 Å². The lowest BCUT2D eigenvalue weighted by Gasteiger charge is -2.16. The molecule has 122 valence electrons. The van der Waals surface area contributed by atoms with Crippen LogP contribution in [0.2, 0.25) is 0 Å². The summed E-state index contributed by atoms with van der Waals surface area (Å²) in [5.74, 6) is 0. The van der Waals surface area contributed by atoms with Crippen molar-refractivity contribution in [1.29, 1.82) is 0 Å². The summed E-state index contributed by atoms with van der Waals surface area (Å²) in [6.07, 6.45) is 6.70. The van der Waals surface area contributed by atoms with Crippen molar-refractivity contribution in [3.05, 3.63) is 41.5 Å². The first-order valence-corrected chi connectivity index (χ1v) is 8.43. The molecule has 2 rings (SSSR count). The third-order valence-corrected chi connectivity index (χ3v) is 3.78. The van der Waals surface area contributed by atoms with Crippen LogP contribution in [-0.2, 0) is 14.2 Å². The van der Waals surface area contributed by atoms with Gasteiger partial charge in [-0.05, 0) is 30.9 Å². The van der Waals surface area contributed by atoms with Gasteiger partial charge < -0.3 is 14.2 Å². The Morgan fingerprint density at radius 3 is 2.77 bits per heavy atom. The zero-order chi connectivity index (χ0) is 15.6. The van der Waals surface area contributed by atoms with E-state index in [-0.39, 0.29) is 12.4 Å². The topological polar surface area (TPSA) is 27.7 Å². The maximum Gasteiger partial charge on any atom is 0.180 e.